The minimum atomic E-state index is -0.194. The highest BCUT2D eigenvalue weighted by Crippen LogP contribution is 2.62. The molecule has 2 aliphatic carbocycles. The lowest BCUT2D eigenvalue weighted by atomic mass is 9.54. The number of fused-ring (bicyclic) bond motifs is 1. The van der Waals surface area contributed by atoms with Gasteiger partial charge in [0.05, 0.1) is 0 Å². The first-order chi connectivity index (χ1) is 6.72. The first kappa shape index (κ1) is 10.9. The van der Waals surface area contributed by atoms with E-state index in [1.165, 1.54) is 24.8 Å². The molecule has 0 aliphatic heterocycles. The van der Waals surface area contributed by atoms with E-state index >= 15 is 0 Å². The van der Waals surface area contributed by atoms with Crippen LogP contribution in [0.15, 0.2) is 11.6 Å². The molecule has 0 bridgehead atoms. The molecular weight excluding hydrogens is 184 g/mol. The lowest BCUT2D eigenvalue weighted by Crippen LogP contribution is -2.42. The van der Waals surface area contributed by atoms with E-state index in [1.54, 1.807) is 0 Å². The minimum Gasteiger partial charge on any atom is -0.294 e. The highest BCUT2D eigenvalue weighted by molar-refractivity contribution is 5.99. The van der Waals surface area contributed by atoms with Crippen LogP contribution in [0, 0.1) is 16.2 Å². The van der Waals surface area contributed by atoms with Gasteiger partial charge in [-0.15, -0.1) is 0 Å². The molecule has 2 rings (SSSR count). The smallest absolute Gasteiger partial charge is 0.162 e. The molecular formula is C14H22O. The Kier molecular flexibility index (Phi) is 2.00. The Morgan fingerprint density at radius 2 is 1.67 bits per heavy atom. The molecule has 1 nitrogen and oxygen atoms in total. The second-order valence-corrected chi connectivity index (χ2v) is 6.62. The summed E-state index contributed by atoms with van der Waals surface area (Å²) in [6.45, 7) is 11.1. The summed E-state index contributed by atoms with van der Waals surface area (Å²) in [6, 6.07) is 0. The highest BCUT2D eigenvalue weighted by atomic mass is 16.1. The Labute approximate surface area is 92.9 Å². The van der Waals surface area contributed by atoms with Crippen molar-refractivity contribution in [1.82, 2.24) is 0 Å². The predicted molar refractivity (Wildman–Crippen MR) is 62.6 cm³/mol. The molecule has 0 radical (unpaired) electrons. The Morgan fingerprint density at radius 1 is 1.07 bits per heavy atom. The summed E-state index contributed by atoms with van der Waals surface area (Å²) < 4.78 is 0. The molecule has 1 atom stereocenters. The summed E-state index contributed by atoms with van der Waals surface area (Å²) in [6.07, 6.45) is 5.58. The van der Waals surface area contributed by atoms with Gasteiger partial charge >= 0.3 is 0 Å². The van der Waals surface area contributed by atoms with E-state index in [0.29, 0.717) is 5.78 Å². The summed E-state index contributed by atoms with van der Waals surface area (Å²) in [4.78, 5) is 12.1. The SMILES string of the molecule is CC1(C)CCCC2(C)C1=CC(=O)C2(C)C. The Bertz CT molecular complexity index is 346. The van der Waals surface area contributed by atoms with Crippen molar-refractivity contribution < 1.29 is 4.79 Å². The van der Waals surface area contributed by atoms with Gasteiger partial charge in [0.15, 0.2) is 5.78 Å². The van der Waals surface area contributed by atoms with E-state index in [1.807, 2.05) is 6.08 Å². The number of ketones is 1. The fraction of sp³-hybridized carbons (Fsp3) is 0.786. The zero-order chi connectivity index (χ0) is 11.5. The van der Waals surface area contributed by atoms with Crippen LogP contribution in [-0.2, 0) is 4.79 Å². The molecule has 0 aromatic heterocycles. The number of rotatable bonds is 0. The van der Waals surface area contributed by atoms with Crippen LogP contribution in [0.4, 0.5) is 0 Å². The topological polar surface area (TPSA) is 17.1 Å². The van der Waals surface area contributed by atoms with Crippen molar-refractivity contribution in [3.8, 4) is 0 Å². The molecule has 84 valence electrons. The van der Waals surface area contributed by atoms with Gasteiger partial charge in [-0.2, -0.15) is 0 Å². The molecule has 0 spiro atoms. The van der Waals surface area contributed by atoms with Gasteiger partial charge in [0, 0.05) is 10.8 Å². The number of hydrogen-bond acceptors (Lipinski definition) is 1. The number of allylic oxidation sites excluding steroid dienone is 2. The van der Waals surface area contributed by atoms with E-state index in [9.17, 15) is 4.79 Å². The van der Waals surface area contributed by atoms with Gasteiger partial charge < -0.3 is 0 Å². The lowest BCUT2D eigenvalue weighted by molar-refractivity contribution is -0.125. The number of carbonyl (C=O) groups is 1. The third-order valence-electron chi connectivity index (χ3n) is 5.07. The monoisotopic (exact) mass is 206 g/mol. The number of carbonyl (C=O) groups excluding carboxylic acids is 1. The average molecular weight is 206 g/mol. The average Bonchev–Trinajstić information content (AvgIpc) is 2.26. The maximum atomic E-state index is 12.1. The van der Waals surface area contributed by atoms with Gasteiger partial charge in [-0.05, 0) is 24.3 Å². The second-order valence-electron chi connectivity index (χ2n) is 6.62. The maximum absolute atomic E-state index is 12.1. The van der Waals surface area contributed by atoms with Crippen molar-refractivity contribution in [2.45, 2.75) is 53.9 Å². The van der Waals surface area contributed by atoms with Crippen molar-refractivity contribution in [1.29, 1.82) is 0 Å². The van der Waals surface area contributed by atoms with Crippen molar-refractivity contribution in [3.05, 3.63) is 11.6 Å². The molecule has 2 aliphatic rings. The summed E-state index contributed by atoms with van der Waals surface area (Å²) >= 11 is 0. The van der Waals surface area contributed by atoms with Crippen LogP contribution in [0.3, 0.4) is 0 Å². The van der Waals surface area contributed by atoms with Crippen molar-refractivity contribution in [2.75, 3.05) is 0 Å². The van der Waals surface area contributed by atoms with Gasteiger partial charge in [0.1, 0.15) is 0 Å². The lowest BCUT2D eigenvalue weighted by Gasteiger charge is -2.49. The minimum absolute atomic E-state index is 0.103. The molecule has 1 fully saturated rings. The molecule has 1 unspecified atom stereocenters. The predicted octanol–water partition coefficient (Wildman–Crippen LogP) is 3.74. The standard InChI is InChI=1S/C14H22O/c1-12(2)7-6-8-14(5)10(12)9-11(15)13(14,3)4/h9H,6-8H2,1-5H3. The van der Waals surface area contributed by atoms with Gasteiger partial charge in [0.25, 0.3) is 0 Å². The molecule has 0 aromatic rings. The maximum Gasteiger partial charge on any atom is 0.162 e. The van der Waals surface area contributed by atoms with E-state index in [-0.39, 0.29) is 16.2 Å². The Morgan fingerprint density at radius 3 is 2.20 bits per heavy atom. The zero-order valence-corrected chi connectivity index (χ0v) is 10.6. The quantitative estimate of drug-likeness (QED) is 0.590. The van der Waals surface area contributed by atoms with Crippen molar-refractivity contribution >= 4 is 5.78 Å². The summed E-state index contributed by atoms with van der Waals surface area (Å²) in [5, 5.41) is 0. The van der Waals surface area contributed by atoms with Gasteiger partial charge in [-0.1, -0.05) is 46.6 Å². The summed E-state index contributed by atoms with van der Waals surface area (Å²) in [7, 11) is 0. The van der Waals surface area contributed by atoms with Crippen LogP contribution in [0.5, 0.6) is 0 Å². The van der Waals surface area contributed by atoms with Crippen LogP contribution in [-0.4, -0.2) is 5.78 Å². The van der Waals surface area contributed by atoms with Crippen LogP contribution >= 0.6 is 0 Å². The first-order valence-electron chi connectivity index (χ1n) is 5.99. The van der Waals surface area contributed by atoms with Gasteiger partial charge in [-0.3, -0.25) is 4.79 Å². The molecule has 0 saturated heterocycles. The number of hydrogen-bond donors (Lipinski definition) is 0. The molecule has 15 heavy (non-hydrogen) atoms. The third-order valence-corrected chi connectivity index (χ3v) is 5.07. The van der Waals surface area contributed by atoms with Gasteiger partial charge in [-0.25, -0.2) is 0 Å². The third kappa shape index (κ3) is 1.18. The largest absolute Gasteiger partial charge is 0.294 e. The summed E-state index contributed by atoms with van der Waals surface area (Å²) in [5.74, 6) is 0.329. The van der Waals surface area contributed by atoms with Gasteiger partial charge in [0.2, 0.25) is 0 Å². The molecule has 0 N–H and O–H groups in total. The first-order valence-corrected chi connectivity index (χ1v) is 5.99. The zero-order valence-electron chi connectivity index (χ0n) is 10.6. The van der Waals surface area contributed by atoms with Crippen molar-refractivity contribution in [3.63, 3.8) is 0 Å². The van der Waals surface area contributed by atoms with Crippen LogP contribution in [0.1, 0.15) is 53.9 Å². The second kappa shape index (κ2) is 2.75. The fourth-order valence-corrected chi connectivity index (χ4v) is 3.49. The molecule has 1 heteroatoms. The van der Waals surface area contributed by atoms with Crippen LogP contribution in [0.25, 0.3) is 0 Å². The normalized spacial score (nSPS) is 37.4. The highest BCUT2D eigenvalue weighted by Gasteiger charge is 2.56. The molecule has 0 aromatic carbocycles. The van der Waals surface area contributed by atoms with E-state index < -0.39 is 0 Å². The van der Waals surface area contributed by atoms with E-state index in [2.05, 4.69) is 34.6 Å². The summed E-state index contributed by atoms with van der Waals surface area (Å²) in [5.41, 5.74) is 1.53. The van der Waals surface area contributed by atoms with Crippen LogP contribution < -0.4 is 0 Å². The fourth-order valence-electron chi connectivity index (χ4n) is 3.49. The Balaban J connectivity index is 2.55. The van der Waals surface area contributed by atoms with E-state index in [4.69, 9.17) is 0 Å². The van der Waals surface area contributed by atoms with Crippen molar-refractivity contribution in [2.24, 2.45) is 16.2 Å². The molecule has 1 saturated carbocycles. The van der Waals surface area contributed by atoms with Crippen LogP contribution in [0.2, 0.25) is 0 Å². The molecule has 0 heterocycles. The molecule has 0 amide bonds. The van der Waals surface area contributed by atoms with E-state index in [0.717, 1.165) is 0 Å². The Hall–Kier alpha value is -0.590.